The number of nitro groups is 1. The molecule has 0 unspecified atom stereocenters. The maximum absolute atomic E-state index is 13.2. The van der Waals surface area contributed by atoms with Gasteiger partial charge < -0.3 is 11.1 Å². The summed E-state index contributed by atoms with van der Waals surface area (Å²) in [4.78, 5) is 33.1. The van der Waals surface area contributed by atoms with E-state index in [2.05, 4.69) is 20.4 Å². The number of nitrogens with two attached hydrogens (primary N) is 1. The highest BCUT2D eigenvalue weighted by atomic mass is 16.6. The van der Waals surface area contributed by atoms with E-state index in [1.165, 1.54) is 23.0 Å². The molecule has 4 aromatic rings. The quantitative estimate of drug-likeness (QED) is 0.274. The fourth-order valence-corrected chi connectivity index (χ4v) is 4.16. The first kappa shape index (κ1) is 20.6. The van der Waals surface area contributed by atoms with E-state index in [1.54, 1.807) is 12.1 Å². The van der Waals surface area contributed by atoms with Gasteiger partial charge in [-0.05, 0) is 25.0 Å². The predicted molar refractivity (Wildman–Crippen MR) is 125 cm³/mol. The van der Waals surface area contributed by atoms with Gasteiger partial charge in [0.05, 0.1) is 22.2 Å². The molecular formula is C23H21N7O3. The van der Waals surface area contributed by atoms with Crippen LogP contribution in [-0.2, 0) is 0 Å². The van der Waals surface area contributed by atoms with Crippen molar-refractivity contribution in [1.29, 1.82) is 0 Å². The van der Waals surface area contributed by atoms with Crippen molar-refractivity contribution in [3.05, 3.63) is 69.8 Å². The van der Waals surface area contributed by atoms with Gasteiger partial charge in [-0.2, -0.15) is 9.78 Å². The Balaban J connectivity index is 1.63. The molecule has 1 amide bonds. The summed E-state index contributed by atoms with van der Waals surface area (Å²) in [6.45, 7) is 0. The highest BCUT2D eigenvalue weighted by Gasteiger charge is 2.26. The van der Waals surface area contributed by atoms with Gasteiger partial charge in [0.15, 0.2) is 5.65 Å². The van der Waals surface area contributed by atoms with Gasteiger partial charge in [0.1, 0.15) is 16.9 Å². The summed E-state index contributed by atoms with van der Waals surface area (Å²) in [5.74, 6) is -0.198. The Kier molecular flexibility index (Phi) is 5.17. The molecule has 2 aromatic heterocycles. The molecule has 0 bridgehead atoms. The lowest BCUT2D eigenvalue weighted by atomic mass is 10.2. The third-order valence-corrected chi connectivity index (χ3v) is 5.79. The largest absolute Gasteiger partial charge is 0.383 e. The van der Waals surface area contributed by atoms with Gasteiger partial charge in [-0.1, -0.05) is 37.1 Å². The average Bonchev–Trinajstić information content (AvgIpc) is 3.41. The van der Waals surface area contributed by atoms with Crippen LogP contribution in [0.3, 0.4) is 0 Å². The molecule has 1 aliphatic rings. The van der Waals surface area contributed by atoms with Crippen molar-refractivity contribution in [3.63, 3.8) is 0 Å². The van der Waals surface area contributed by atoms with Crippen molar-refractivity contribution in [3.8, 4) is 0 Å². The number of non-ortho nitro benzene ring substituents is 1. The second-order valence-electron chi connectivity index (χ2n) is 8.01. The number of nitrogen functional groups attached to an aromatic ring is 1. The van der Waals surface area contributed by atoms with E-state index in [-0.39, 0.29) is 29.0 Å². The van der Waals surface area contributed by atoms with Crippen LogP contribution in [0.1, 0.15) is 41.6 Å². The fourth-order valence-electron chi connectivity index (χ4n) is 4.16. The summed E-state index contributed by atoms with van der Waals surface area (Å²) in [6.07, 6.45) is 5.48. The molecule has 10 heteroatoms. The minimum absolute atomic E-state index is 0.0493. The Labute approximate surface area is 188 Å². The molecule has 0 atom stereocenters. The van der Waals surface area contributed by atoms with Gasteiger partial charge in [-0.25, -0.2) is 9.97 Å². The first-order valence-electron chi connectivity index (χ1n) is 10.7. The lowest BCUT2D eigenvalue weighted by Crippen LogP contribution is -2.33. The molecule has 0 aliphatic heterocycles. The number of nitrogens with zero attached hydrogens (tertiary/aromatic N) is 5. The Bertz CT molecular complexity index is 1420. The summed E-state index contributed by atoms with van der Waals surface area (Å²) in [6, 6.07) is 13.5. The highest BCUT2D eigenvalue weighted by molar-refractivity contribution is 6.10. The van der Waals surface area contributed by atoms with E-state index in [4.69, 9.17) is 5.73 Å². The molecule has 3 N–H and O–H groups in total. The van der Waals surface area contributed by atoms with Crippen LogP contribution < -0.4 is 11.1 Å². The zero-order chi connectivity index (χ0) is 22.9. The van der Waals surface area contributed by atoms with Crippen molar-refractivity contribution in [2.24, 2.45) is 5.10 Å². The minimum atomic E-state index is -0.472. The molecule has 166 valence electrons. The van der Waals surface area contributed by atoms with E-state index in [9.17, 15) is 14.9 Å². The molecule has 1 fully saturated rings. The number of nitrogens with one attached hydrogen (secondary N) is 1. The second kappa shape index (κ2) is 8.30. The van der Waals surface area contributed by atoms with E-state index in [0.717, 1.165) is 25.7 Å². The van der Waals surface area contributed by atoms with Crippen LogP contribution in [0.2, 0.25) is 0 Å². The second-order valence-corrected chi connectivity index (χ2v) is 8.01. The van der Waals surface area contributed by atoms with Crippen LogP contribution in [0.4, 0.5) is 11.5 Å². The van der Waals surface area contributed by atoms with Crippen LogP contribution in [0.5, 0.6) is 0 Å². The lowest BCUT2D eigenvalue weighted by molar-refractivity contribution is -0.384. The molecule has 0 radical (unpaired) electrons. The van der Waals surface area contributed by atoms with Crippen LogP contribution in [0, 0.1) is 10.1 Å². The minimum Gasteiger partial charge on any atom is -0.383 e. The van der Waals surface area contributed by atoms with Crippen LogP contribution in [0.25, 0.3) is 22.2 Å². The standard InChI is InChI=1S/C23H21N7O3/c24-21-19(23(31)26-15-7-1-2-8-15)20-22(28-18-11-4-3-10-17(18)27-20)29(21)25-13-14-6-5-9-16(12-14)30(32)33/h3-6,9-13,15H,1-2,7-8,24H2,(H,26,31). The van der Waals surface area contributed by atoms with Crippen molar-refractivity contribution in [2.75, 3.05) is 5.73 Å². The van der Waals surface area contributed by atoms with Gasteiger partial charge >= 0.3 is 0 Å². The monoisotopic (exact) mass is 443 g/mol. The van der Waals surface area contributed by atoms with Crippen molar-refractivity contribution < 1.29 is 9.72 Å². The summed E-state index contributed by atoms with van der Waals surface area (Å²) in [5.41, 5.74) is 9.06. The fraction of sp³-hybridized carbons (Fsp3) is 0.217. The Morgan fingerprint density at radius 3 is 2.61 bits per heavy atom. The summed E-state index contributed by atoms with van der Waals surface area (Å²) in [5, 5.41) is 18.5. The number of benzene rings is 2. The van der Waals surface area contributed by atoms with Crippen molar-refractivity contribution in [1.82, 2.24) is 20.0 Å². The van der Waals surface area contributed by atoms with E-state index < -0.39 is 4.92 Å². The molecule has 1 saturated carbocycles. The van der Waals surface area contributed by atoms with E-state index in [0.29, 0.717) is 27.8 Å². The molecule has 0 saturated heterocycles. The number of nitro benzene ring substituents is 1. The molecule has 2 heterocycles. The molecule has 0 spiro atoms. The molecular weight excluding hydrogens is 422 g/mol. The first-order chi connectivity index (χ1) is 16.0. The summed E-state index contributed by atoms with van der Waals surface area (Å²) < 4.78 is 1.36. The maximum atomic E-state index is 13.2. The van der Waals surface area contributed by atoms with E-state index >= 15 is 0 Å². The number of para-hydroxylation sites is 2. The molecule has 10 nitrogen and oxygen atoms in total. The SMILES string of the molecule is Nc1c(C(=O)NC2CCCC2)c2nc3ccccc3nc2n1N=Cc1cccc([N+](=O)[O-])c1. The summed E-state index contributed by atoms with van der Waals surface area (Å²) in [7, 11) is 0. The number of carbonyl (C=O) groups excluding carboxylic acids is 1. The van der Waals surface area contributed by atoms with Crippen molar-refractivity contribution >= 4 is 45.8 Å². The summed E-state index contributed by atoms with van der Waals surface area (Å²) >= 11 is 0. The molecule has 1 aliphatic carbocycles. The van der Waals surface area contributed by atoms with Gasteiger partial charge in [-0.15, -0.1) is 0 Å². The number of carbonyl (C=O) groups is 1. The number of aromatic nitrogens is 3. The van der Waals surface area contributed by atoms with Crippen LogP contribution in [0.15, 0.2) is 53.6 Å². The predicted octanol–water partition coefficient (Wildman–Crippen LogP) is 3.63. The average molecular weight is 443 g/mol. The molecule has 2 aromatic carbocycles. The number of anilines is 1. The third-order valence-electron chi connectivity index (χ3n) is 5.79. The molecule has 33 heavy (non-hydrogen) atoms. The smallest absolute Gasteiger partial charge is 0.270 e. The lowest BCUT2D eigenvalue weighted by Gasteiger charge is -2.11. The Morgan fingerprint density at radius 2 is 1.88 bits per heavy atom. The van der Waals surface area contributed by atoms with Gasteiger partial charge in [0.25, 0.3) is 11.6 Å². The van der Waals surface area contributed by atoms with Gasteiger partial charge in [0, 0.05) is 23.7 Å². The first-order valence-corrected chi connectivity index (χ1v) is 10.7. The number of hydrogen-bond donors (Lipinski definition) is 2. The normalized spacial score (nSPS) is 14.4. The highest BCUT2D eigenvalue weighted by Crippen LogP contribution is 2.29. The van der Waals surface area contributed by atoms with Gasteiger partial charge in [0.2, 0.25) is 0 Å². The zero-order valence-electron chi connectivity index (χ0n) is 17.6. The number of rotatable bonds is 5. The topological polar surface area (TPSA) is 141 Å². The third kappa shape index (κ3) is 3.86. The van der Waals surface area contributed by atoms with Crippen molar-refractivity contribution in [2.45, 2.75) is 31.7 Å². The molecule has 5 rings (SSSR count). The number of hydrogen-bond acceptors (Lipinski definition) is 7. The number of fused-ring (bicyclic) bond motifs is 2. The Hall–Kier alpha value is -4.34. The van der Waals surface area contributed by atoms with E-state index in [1.807, 2.05) is 24.3 Å². The van der Waals surface area contributed by atoms with Crippen LogP contribution >= 0.6 is 0 Å². The Morgan fingerprint density at radius 1 is 1.15 bits per heavy atom. The maximum Gasteiger partial charge on any atom is 0.270 e. The zero-order valence-corrected chi connectivity index (χ0v) is 17.6. The number of amides is 1. The van der Waals surface area contributed by atoms with Crippen LogP contribution in [-0.4, -0.2) is 37.7 Å². The van der Waals surface area contributed by atoms with Gasteiger partial charge in [-0.3, -0.25) is 14.9 Å².